The lowest BCUT2D eigenvalue weighted by molar-refractivity contribution is -0.150. The first-order chi connectivity index (χ1) is 16.6. The van der Waals surface area contributed by atoms with E-state index < -0.39 is 24.2 Å². The van der Waals surface area contributed by atoms with Crippen LogP contribution in [0.2, 0.25) is 0 Å². The third-order valence-electron chi connectivity index (χ3n) is 6.21. The van der Waals surface area contributed by atoms with Crippen molar-refractivity contribution in [3.05, 3.63) is 59.7 Å². The maximum Gasteiger partial charge on any atom is 0.407 e. The molecule has 6 heteroatoms. The van der Waals surface area contributed by atoms with Crippen molar-refractivity contribution >= 4 is 12.1 Å². The predicted molar refractivity (Wildman–Crippen MR) is 133 cm³/mol. The Bertz CT molecular complexity index is 898. The van der Waals surface area contributed by atoms with Crippen LogP contribution in [0.1, 0.15) is 69.9 Å². The third kappa shape index (κ3) is 6.60. The number of benzene rings is 2. The van der Waals surface area contributed by atoms with Gasteiger partial charge in [0, 0.05) is 12.5 Å². The van der Waals surface area contributed by atoms with E-state index in [4.69, 9.17) is 14.2 Å². The molecule has 1 N–H and O–H groups in total. The summed E-state index contributed by atoms with van der Waals surface area (Å²) in [4.78, 5) is 25.5. The van der Waals surface area contributed by atoms with Crippen LogP contribution < -0.4 is 5.32 Å². The van der Waals surface area contributed by atoms with Gasteiger partial charge in [0.1, 0.15) is 6.61 Å². The number of amides is 1. The van der Waals surface area contributed by atoms with Crippen LogP contribution >= 0.6 is 0 Å². The van der Waals surface area contributed by atoms with Crippen molar-refractivity contribution in [2.45, 2.75) is 70.9 Å². The summed E-state index contributed by atoms with van der Waals surface area (Å²) in [6.45, 7) is 6.97. The maximum absolute atomic E-state index is 12.8. The molecule has 0 heterocycles. The number of ether oxygens (including phenoxy) is 3. The van der Waals surface area contributed by atoms with Crippen molar-refractivity contribution in [2.24, 2.45) is 0 Å². The molecular formula is C28H37NO5. The molecule has 1 aliphatic carbocycles. The SMILES string of the molecule is CCCCCOC(=O)[C@@H](NC(=O)OCC1c2ccccc2-c2ccccc21)C(C)OCCCC. The fourth-order valence-electron chi connectivity index (χ4n) is 4.26. The Kier molecular flexibility index (Phi) is 9.95. The van der Waals surface area contributed by atoms with Gasteiger partial charge in [-0.3, -0.25) is 0 Å². The number of nitrogens with one attached hydrogen (secondary N) is 1. The van der Waals surface area contributed by atoms with Gasteiger partial charge in [0.05, 0.1) is 12.7 Å². The monoisotopic (exact) mass is 467 g/mol. The summed E-state index contributed by atoms with van der Waals surface area (Å²) in [6.07, 6.45) is 3.52. The van der Waals surface area contributed by atoms with E-state index in [1.807, 2.05) is 24.3 Å². The van der Waals surface area contributed by atoms with Gasteiger partial charge in [0.25, 0.3) is 0 Å². The number of unbranched alkanes of at least 4 members (excludes halogenated alkanes) is 3. The van der Waals surface area contributed by atoms with Crippen molar-refractivity contribution in [3.8, 4) is 11.1 Å². The van der Waals surface area contributed by atoms with Crippen LogP contribution in [0.5, 0.6) is 0 Å². The molecule has 2 aromatic rings. The van der Waals surface area contributed by atoms with Gasteiger partial charge >= 0.3 is 12.1 Å². The normalized spacial score (nSPS) is 14.1. The van der Waals surface area contributed by atoms with Crippen molar-refractivity contribution in [2.75, 3.05) is 19.8 Å². The standard InChI is InChI=1S/C28H37NO5/c1-4-6-12-18-33-27(30)26(20(3)32-17-7-5-2)29-28(31)34-19-25-23-15-10-8-13-21(23)22-14-9-11-16-24(22)25/h8-11,13-16,20,25-26H,4-7,12,17-19H2,1-3H3,(H,29,31)/t20?,26-/m0/s1. The van der Waals surface area contributed by atoms with Crippen molar-refractivity contribution in [1.29, 1.82) is 0 Å². The Balaban J connectivity index is 1.63. The molecule has 0 saturated carbocycles. The van der Waals surface area contributed by atoms with E-state index in [9.17, 15) is 9.59 Å². The predicted octanol–water partition coefficient (Wildman–Crippen LogP) is 5.83. The minimum atomic E-state index is -0.922. The van der Waals surface area contributed by atoms with E-state index in [2.05, 4.69) is 43.4 Å². The summed E-state index contributed by atoms with van der Waals surface area (Å²) < 4.78 is 16.8. The zero-order valence-corrected chi connectivity index (χ0v) is 20.5. The van der Waals surface area contributed by atoms with E-state index >= 15 is 0 Å². The zero-order chi connectivity index (χ0) is 24.3. The van der Waals surface area contributed by atoms with Crippen molar-refractivity contribution in [3.63, 3.8) is 0 Å². The van der Waals surface area contributed by atoms with E-state index in [-0.39, 0.29) is 12.5 Å². The minimum absolute atomic E-state index is 0.0455. The van der Waals surface area contributed by atoms with E-state index in [0.717, 1.165) is 43.2 Å². The van der Waals surface area contributed by atoms with Crippen LogP contribution in [0.25, 0.3) is 11.1 Å². The van der Waals surface area contributed by atoms with Gasteiger partial charge in [-0.25, -0.2) is 9.59 Å². The number of carbonyl (C=O) groups is 2. The topological polar surface area (TPSA) is 73.9 Å². The Hall–Kier alpha value is -2.86. The minimum Gasteiger partial charge on any atom is -0.464 e. The van der Waals surface area contributed by atoms with Gasteiger partial charge in [-0.1, -0.05) is 81.6 Å². The summed E-state index contributed by atoms with van der Waals surface area (Å²) in [5.41, 5.74) is 4.61. The van der Waals surface area contributed by atoms with E-state index in [1.165, 1.54) is 11.1 Å². The van der Waals surface area contributed by atoms with Crippen LogP contribution in [-0.4, -0.2) is 44.0 Å². The molecule has 2 atom stereocenters. The fraction of sp³-hybridized carbons (Fsp3) is 0.500. The van der Waals surface area contributed by atoms with E-state index in [0.29, 0.717) is 13.2 Å². The summed E-state index contributed by atoms with van der Waals surface area (Å²) >= 11 is 0. The van der Waals surface area contributed by atoms with E-state index in [1.54, 1.807) is 6.92 Å². The first-order valence-electron chi connectivity index (χ1n) is 12.5. The Morgan fingerprint density at radius 3 is 2.09 bits per heavy atom. The molecule has 0 aromatic heterocycles. The van der Waals surface area contributed by atoms with Crippen LogP contribution in [0, 0.1) is 0 Å². The lowest BCUT2D eigenvalue weighted by Crippen LogP contribution is -2.50. The van der Waals surface area contributed by atoms with Crippen LogP contribution in [0.3, 0.4) is 0 Å². The highest BCUT2D eigenvalue weighted by Crippen LogP contribution is 2.44. The number of alkyl carbamates (subject to hydrolysis) is 1. The molecule has 0 aliphatic heterocycles. The number of esters is 1. The number of hydrogen-bond acceptors (Lipinski definition) is 5. The summed E-state index contributed by atoms with van der Waals surface area (Å²) in [7, 11) is 0. The van der Waals surface area contributed by atoms with Crippen molar-refractivity contribution in [1.82, 2.24) is 5.32 Å². The second-order valence-corrected chi connectivity index (χ2v) is 8.75. The largest absolute Gasteiger partial charge is 0.464 e. The number of rotatable bonds is 13. The number of fused-ring (bicyclic) bond motifs is 3. The number of carbonyl (C=O) groups excluding carboxylic acids is 2. The second kappa shape index (κ2) is 13.1. The van der Waals surface area contributed by atoms with Crippen LogP contribution in [-0.2, 0) is 19.0 Å². The molecule has 2 aromatic carbocycles. The number of hydrogen-bond donors (Lipinski definition) is 1. The molecule has 0 spiro atoms. The third-order valence-corrected chi connectivity index (χ3v) is 6.21. The molecule has 0 saturated heterocycles. The molecule has 184 valence electrons. The molecule has 1 aliphatic rings. The smallest absolute Gasteiger partial charge is 0.407 e. The molecule has 0 fully saturated rings. The molecule has 1 amide bonds. The highest BCUT2D eigenvalue weighted by atomic mass is 16.6. The van der Waals surface area contributed by atoms with Gasteiger partial charge in [-0.15, -0.1) is 0 Å². The summed E-state index contributed by atoms with van der Waals surface area (Å²) in [6, 6.07) is 15.4. The Labute approximate surface area is 203 Å². The highest BCUT2D eigenvalue weighted by Gasteiger charge is 2.32. The lowest BCUT2D eigenvalue weighted by atomic mass is 9.98. The van der Waals surface area contributed by atoms with Gasteiger partial charge in [-0.05, 0) is 42.0 Å². The Morgan fingerprint density at radius 2 is 1.47 bits per heavy atom. The lowest BCUT2D eigenvalue weighted by Gasteiger charge is -2.24. The average Bonchev–Trinajstić information content (AvgIpc) is 3.17. The van der Waals surface area contributed by atoms with Crippen LogP contribution in [0.4, 0.5) is 4.79 Å². The molecule has 1 unspecified atom stereocenters. The highest BCUT2D eigenvalue weighted by molar-refractivity contribution is 5.82. The molecule has 34 heavy (non-hydrogen) atoms. The Morgan fingerprint density at radius 1 is 0.853 bits per heavy atom. The van der Waals surface area contributed by atoms with Gasteiger partial charge in [0.15, 0.2) is 6.04 Å². The van der Waals surface area contributed by atoms with Crippen LogP contribution in [0.15, 0.2) is 48.5 Å². The van der Waals surface area contributed by atoms with Gasteiger partial charge in [-0.2, -0.15) is 0 Å². The quantitative estimate of drug-likeness (QED) is 0.296. The molecule has 0 radical (unpaired) electrons. The first kappa shape index (κ1) is 25.8. The van der Waals surface area contributed by atoms with Crippen molar-refractivity contribution < 1.29 is 23.8 Å². The van der Waals surface area contributed by atoms with Gasteiger partial charge in [0.2, 0.25) is 0 Å². The first-order valence-corrected chi connectivity index (χ1v) is 12.5. The van der Waals surface area contributed by atoms with Gasteiger partial charge < -0.3 is 19.5 Å². The molecule has 0 bridgehead atoms. The zero-order valence-electron chi connectivity index (χ0n) is 20.5. The maximum atomic E-state index is 12.8. The average molecular weight is 468 g/mol. The molecule has 6 nitrogen and oxygen atoms in total. The molecule has 3 rings (SSSR count). The second-order valence-electron chi connectivity index (χ2n) is 8.75. The molecular weight excluding hydrogens is 430 g/mol. The summed E-state index contributed by atoms with van der Waals surface area (Å²) in [5.74, 6) is -0.538. The summed E-state index contributed by atoms with van der Waals surface area (Å²) in [5, 5.41) is 2.70. The fourth-order valence-corrected chi connectivity index (χ4v) is 4.26.